The topological polar surface area (TPSA) is 84.9 Å². The van der Waals surface area contributed by atoms with Crippen molar-refractivity contribution in [2.75, 3.05) is 57.3 Å². The molecule has 10 heteroatoms. The van der Waals surface area contributed by atoms with Gasteiger partial charge in [-0.25, -0.2) is 19.8 Å². The van der Waals surface area contributed by atoms with Gasteiger partial charge in [0.15, 0.2) is 0 Å². The molecule has 0 unspecified atom stereocenters. The van der Waals surface area contributed by atoms with Crippen molar-refractivity contribution in [3.05, 3.63) is 40.5 Å². The number of thiazole rings is 1. The number of hydrazine groups is 1. The Morgan fingerprint density at radius 2 is 1.60 bits per heavy atom. The molecule has 5 rings (SSSR count). The van der Waals surface area contributed by atoms with Crippen LogP contribution in [0.3, 0.4) is 0 Å². The first-order valence-electron chi connectivity index (χ1n) is 12.9. The minimum Gasteiger partial charge on any atom is -0.353 e. The molecule has 1 N–H and O–H groups in total. The lowest BCUT2D eigenvalue weighted by atomic mass is 9.98. The van der Waals surface area contributed by atoms with Crippen LogP contribution in [0.15, 0.2) is 29.8 Å². The molecule has 5 heterocycles. The highest BCUT2D eigenvalue weighted by Gasteiger charge is 2.30. The molecule has 35 heavy (non-hydrogen) atoms. The maximum Gasteiger partial charge on any atom is 0.320 e. The van der Waals surface area contributed by atoms with Crippen molar-refractivity contribution in [3.63, 3.8) is 0 Å². The summed E-state index contributed by atoms with van der Waals surface area (Å²) >= 11 is 1.57. The van der Waals surface area contributed by atoms with E-state index in [1.165, 1.54) is 12.8 Å². The molecule has 3 saturated heterocycles. The van der Waals surface area contributed by atoms with Crippen molar-refractivity contribution in [2.45, 2.75) is 44.4 Å². The van der Waals surface area contributed by atoms with Crippen molar-refractivity contribution in [1.29, 1.82) is 0 Å². The summed E-state index contributed by atoms with van der Waals surface area (Å²) in [5.41, 5.74) is 3.55. The molecule has 0 bridgehead atoms. The predicted molar refractivity (Wildman–Crippen MR) is 137 cm³/mol. The van der Waals surface area contributed by atoms with Gasteiger partial charge in [-0.1, -0.05) is 18.9 Å². The summed E-state index contributed by atoms with van der Waals surface area (Å²) in [5, 5.41) is 4.93. The van der Waals surface area contributed by atoms with Crippen molar-refractivity contribution >= 4 is 29.1 Å². The average Bonchev–Trinajstić information content (AvgIpc) is 3.28. The number of anilines is 1. The molecule has 3 aliphatic heterocycles. The number of piperazine rings is 1. The Hall–Kier alpha value is -2.72. The number of pyridine rings is 1. The van der Waals surface area contributed by atoms with Gasteiger partial charge >= 0.3 is 6.03 Å². The number of carbonyl (C=O) groups is 2. The van der Waals surface area contributed by atoms with E-state index < -0.39 is 0 Å². The van der Waals surface area contributed by atoms with Crippen LogP contribution in [0.2, 0.25) is 0 Å². The first-order valence-corrected chi connectivity index (χ1v) is 13.8. The van der Waals surface area contributed by atoms with E-state index in [1.807, 2.05) is 44.6 Å². The molecule has 188 valence electrons. The quantitative estimate of drug-likeness (QED) is 0.699. The molecule has 2 aromatic heterocycles. The number of aromatic nitrogens is 2. The number of nitrogens with one attached hydrogen (secondary N) is 1. The van der Waals surface area contributed by atoms with Crippen LogP contribution in [-0.4, -0.2) is 89.1 Å². The van der Waals surface area contributed by atoms with Crippen molar-refractivity contribution in [3.8, 4) is 0 Å². The number of amides is 3. The SMILES string of the molecule is O=C(NN1CCCCCC1)c1csc(C2CCN(C(=O)N3CCN(c4ccccn4)CC3)CC2)n1. The van der Waals surface area contributed by atoms with Gasteiger partial charge in [0, 0.05) is 69.9 Å². The third kappa shape index (κ3) is 5.92. The van der Waals surface area contributed by atoms with Crippen LogP contribution < -0.4 is 10.3 Å². The van der Waals surface area contributed by atoms with Crippen LogP contribution in [0.5, 0.6) is 0 Å². The minimum atomic E-state index is -0.105. The van der Waals surface area contributed by atoms with E-state index in [2.05, 4.69) is 20.3 Å². The molecule has 0 aromatic carbocycles. The lowest BCUT2D eigenvalue weighted by Gasteiger charge is -2.39. The van der Waals surface area contributed by atoms with E-state index in [-0.39, 0.29) is 11.9 Å². The zero-order chi connectivity index (χ0) is 24.0. The largest absolute Gasteiger partial charge is 0.353 e. The predicted octanol–water partition coefficient (Wildman–Crippen LogP) is 3.18. The summed E-state index contributed by atoms with van der Waals surface area (Å²) in [4.78, 5) is 41.1. The number of rotatable bonds is 4. The van der Waals surface area contributed by atoms with E-state index in [9.17, 15) is 9.59 Å². The molecule has 0 spiro atoms. The highest BCUT2D eigenvalue weighted by atomic mass is 32.1. The van der Waals surface area contributed by atoms with Crippen LogP contribution >= 0.6 is 11.3 Å². The zero-order valence-corrected chi connectivity index (χ0v) is 21.1. The number of urea groups is 1. The lowest BCUT2D eigenvalue weighted by Crippen LogP contribution is -2.54. The van der Waals surface area contributed by atoms with Crippen molar-refractivity contribution in [2.24, 2.45) is 0 Å². The first kappa shape index (κ1) is 24.0. The fourth-order valence-electron chi connectivity index (χ4n) is 5.15. The maximum absolute atomic E-state index is 13.1. The van der Waals surface area contributed by atoms with Gasteiger partial charge in [0.25, 0.3) is 5.91 Å². The summed E-state index contributed by atoms with van der Waals surface area (Å²) in [6.07, 6.45) is 8.30. The Labute approximate surface area is 211 Å². The maximum atomic E-state index is 13.1. The number of carbonyl (C=O) groups excluding carboxylic acids is 2. The number of likely N-dealkylation sites (tertiary alicyclic amines) is 1. The molecule has 9 nitrogen and oxygen atoms in total. The van der Waals surface area contributed by atoms with Gasteiger partial charge < -0.3 is 14.7 Å². The molecule has 0 saturated carbocycles. The van der Waals surface area contributed by atoms with E-state index in [0.717, 1.165) is 88.9 Å². The van der Waals surface area contributed by atoms with E-state index in [1.54, 1.807) is 11.3 Å². The van der Waals surface area contributed by atoms with Gasteiger partial charge in [0.2, 0.25) is 0 Å². The minimum absolute atomic E-state index is 0.105. The molecule has 0 atom stereocenters. The molecular weight excluding hydrogens is 462 g/mol. The summed E-state index contributed by atoms with van der Waals surface area (Å²) in [6.45, 7) is 6.34. The highest BCUT2D eigenvalue weighted by molar-refractivity contribution is 7.09. The first-order chi connectivity index (χ1) is 17.2. The summed E-state index contributed by atoms with van der Waals surface area (Å²) in [5.74, 6) is 1.18. The normalized spacial score (nSPS) is 20.5. The van der Waals surface area contributed by atoms with E-state index >= 15 is 0 Å². The van der Waals surface area contributed by atoms with Crippen LogP contribution in [0.1, 0.15) is 59.9 Å². The Balaban J connectivity index is 1.08. The van der Waals surface area contributed by atoms with Crippen molar-refractivity contribution in [1.82, 2.24) is 30.2 Å². The third-order valence-corrected chi connectivity index (χ3v) is 8.27. The molecule has 0 aliphatic carbocycles. The monoisotopic (exact) mass is 497 g/mol. The molecular formula is C25H35N7O2S. The van der Waals surface area contributed by atoms with Gasteiger partial charge in [-0.15, -0.1) is 11.3 Å². The lowest BCUT2D eigenvalue weighted by molar-refractivity contribution is 0.0789. The van der Waals surface area contributed by atoms with Crippen LogP contribution in [-0.2, 0) is 0 Å². The van der Waals surface area contributed by atoms with Gasteiger partial charge in [-0.3, -0.25) is 10.2 Å². The number of piperidine rings is 1. The summed E-state index contributed by atoms with van der Waals surface area (Å²) in [6, 6.07) is 6.08. The second-order valence-electron chi connectivity index (χ2n) is 9.62. The van der Waals surface area contributed by atoms with Gasteiger partial charge in [-0.05, 0) is 37.8 Å². The third-order valence-electron chi connectivity index (χ3n) is 7.26. The molecule has 3 aliphatic rings. The molecule has 3 fully saturated rings. The second kappa shape index (κ2) is 11.3. The van der Waals surface area contributed by atoms with Crippen LogP contribution in [0.4, 0.5) is 10.6 Å². The number of hydrogen-bond acceptors (Lipinski definition) is 7. The fourth-order valence-corrected chi connectivity index (χ4v) is 6.12. The number of nitrogens with zero attached hydrogens (tertiary/aromatic N) is 6. The standard InChI is InChI=1S/C25H35N7O2S/c33-23(28-32-11-5-1-2-6-12-32)21-19-35-24(27-21)20-8-13-30(14-9-20)25(34)31-17-15-29(16-18-31)22-7-3-4-10-26-22/h3-4,7,10,19-20H,1-2,5-6,8-9,11-18H2,(H,28,33). The van der Waals surface area contributed by atoms with E-state index in [4.69, 9.17) is 0 Å². The Morgan fingerprint density at radius 1 is 0.886 bits per heavy atom. The van der Waals surface area contributed by atoms with Gasteiger partial charge in [-0.2, -0.15) is 0 Å². The van der Waals surface area contributed by atoms with Crippen molar-refractivity contribution < 1.29 is 9.59 Å². The van der Waals surface area contributed by atoms with Gasteiger partial charge in [0.05, 0.1) is 5.01 Å². The Kier molecular flexibility index (Phi) is 7.78. The summed E-state index contributed by atoms with van der Waals surface area (Å²) in [7, 11) is 0. The highest BCUT2D eigenvalue weighted by Crippen LogP contribution is 2.31. The van der Waals surface area contributed by atoms with E-state index in [0.29, 0.717) is 11.6 Å². The second-order valence-corrected chi connectivity index (χ2v) is 10.5. The fraction of sp³-hybridized carbons (Fsp3) is 0.600. The average molecular weight is 498 g/mol. The smallest absolute Gasteiger partial charge is 0.320 e. The summed E-state index contributed by atoms with van der Waals surface area (Å²) < 4.78 is 0. The Bertz CT molecular complexity index is 977. The molecule has 2 aromatic rings. The van der Waals surface area contributed by atoms with Crippen LogP contribution in [0.25, 0.3) is 0 Å². The molecule has 0 radical (unpaired) electrons. The molecule has 3 amide bonds. The number of hydrogen-bond donors (Lipinski definition) is 1. The Morgan fingerprint density at radius 3 is 2.29 bits per heavy atom. The van der Waals surface area contributed by atoms with Crippen LogP contribution in [0, 0.1) is 0 Å². The zero-order valence-electron chi connectivity index (χ0n) is 20.3. The van der Waals surface area contributed by atoms with Gasteiger partial charge in [0.1, 0.15) is 11.5 Å².